The number of amides is 1. The Morgan fingerprint density at radius 2 is 1.85 bits per heavy atom. The van der Waals surface area contributed by atoms with Crippen LogP contribution < -0.4 is 10.2 Å². The molecule has 0 bridgehead atoms. The highest BCUT2D eigenvalue weighted by Gasteiger charge is 2.18. The van der Waals surface area contributed by atoms with E-state index in [0.717, 1.165) is 10.8 Å². The Bertz CT molecular complexity index is 1010. The summed E-state index contributed by atoms with van der Waals surface area (Å²) in [7, 11) is 1.55. The Morgan fingerprint density at radius 1 is 1.12 bits per heavy atom. The number of carbonyl (C=O) groups excluding carboxylic acids is 1. The molecule has 0 saturated heterocycles. The van der Waals surface area contributed by atoms with Crippen LogP contribution in [0.1, 0.15) is 15.9 Å². The molecule has 3 rings (SSSR count). The third-order valence-electron chi connectivity index (χ3n) is 3.86. The molecule has 3 aromatic carbocycles. The average Bonchev–Trinajstić information content (AvgIpc) is 2.67. The molecule has 0 aromatic heterocycles. The largest absolute Gasteiger partial charge is 0.496 e. The molecular formula is C19H15N3O4. The molecule has 0 aliphatic carbocycles. The van der Waals surface area contributed by atoms with Crippen molar-refractivity contribution in [2.75, 3.05) is 7.11 Å². The quantitative estimate of drug-likeness (QED) is 0.433. The van der Waals surface area contributed by atoms with E-state index < -0.39 is 10.8 Å². The van der Waals surface area contributed by atoms with Crippen LogP contribution >= 0.6 is 0 Å². The number of nitro benzene ring substituents is 1. The van der Waals surface area contributed by atoms with Gasteiger partial charge in [-0.15, -0.1) is 0 Å². The molecule has 0 atom stereocenters. The third kappa shape index (κ3) is 3.36. The minimum absolute atomic E-state index is 0.0560. The normalized spacial score (nSPS) is 10.8. The predicted octanol–water partition coefficient (Wildman–Crippen LogP) is 3.52. The van der Waals surface area contributed by atoms with Gasteiger partial charge in [-0.1, -0.05) is 42.5 Å². The zero-order valence-corrected chi connectivity index (χ0v) is 13.9. The summed E-state index contributed by atoms with van der Waals surface area (Å²) >= 11 is 0. The molecule has 3 aromatic rings. The Morgan fingerprint density at radius 3 is 2.62 bits per heavy atom. The first kappa shape index (κ1) is 17.1. The lowest BCUT2D eigenvalue weighted by atomic mass is 10.0. The summed E-state index contributed by atoms with van der Waals surface area (Å²) in [6.07, 6.45) is 1.47. The topological polar surface area (TPSA) is 93.8 Å². The molecule has 26 heavy (non-hydrogen) atoms. The number of para-hydroxylation sites is 1. The number of methoxy groups -OCH3 is 1. The van der Waals surface area contributed by atoms with Crippen molar-refractivity contribution in [3.63, 3.8) is 0 Å². The van der Waals surface area contributed by atoms with E-state index in [0.29, 0.717) is 11.3 Å². The lowest BCUT2D eigenvalue weighted by Gasteiger charge is -2.08. The number of nitrogens with zero attached hydrogens (tertiary/aromatic N) is 2. The van der Waals surface area contributed by atoms with Crippen LogP contribution in [0.3, 0.4) is 0 Å². The van der Waals surface area contributed by atoms with Gasteiger partial charge in [-0.05, 0) is 22.9 Å². The van der Waals surface area contributed by atoms with Crippen LogP contribution in [0.15, 0.2) is 65.8 Å². The molecule has 0 radical (unpaired) electrons. The van der Waals surface area contributed by atoms with Gasteiger partial charge < -0.3 is 4.74 Å². The molecule has 0 aliphatic rings. The van der Waals surface area contributed by atoms with Crippen LogP contribution in [0.4, 0.5) is 5.69 Å². The fourth-order valence-electron chi connectivity index (χ4n) is 2.63. The van der Waals surface area contributed by atoms with E-state index in [1.807, 2.05) is 36.4 Å². The van der Waals surface area contributed by atoms with Crippen LogP contribution in [-0.4, -0.2) is 24.2 Å². The number of nitro groups is 1. The van der Waals surface area contributed by atoms with Crippen LogP contribution in [0.2, 0.25) is 0 Å². The molecule has 0 fully saturated rings. The lowest BCUT2D eigenvalue weighted by molar-refractivity contribution is -0.385. The van der Waals surface area contributed by atoms with Crippen molar-refractivity contribution in [1.82, 2.24) is 5.43 Å². The van der Waals surface area contributed by atoms with Crippen LogP contribution in [0, 0.1) is 10.1 Å². The van der Waals surface area contributed by atoms with E-state index in [2.05, 4.69) is 10.5 Å². The first-order valence-electron chi connectivity index (χ1n) is 7.74. The van der Waals surface area contributed by atoms with Gasteiger partial charge in [0.2, 0.25) is 0 Å². The molecule has 0 unspecified atom stereocenters. The summed E-state index contributed by atoms with van der Waals surface area (Å²) in [6.45, 7) is 0. The number of hydrogen-bond acceptors (Lipinski definition) is 5. The van der Waals surface area contributed by atoms with E-state index in [9.17, 15) is 14.9 Å². The molecule has 0 spiro atoms. The number of carbonyl (C=O) groups is 1. The molecule has 0 saturated carbocycles. The number of fused-ring (bicyclic) bond motifs is 1. The highest BCUT2D eigenvalue weighted by atomic mass is 16.6. The third-order valence-corrected chi connectivity index (χ3v) is 3.86. The van der Waals surface area contributed by atoms with Gasteiger partial charge in [0.15, 0.2) is 0 Å². The predicted molar refractivity (Wildman–Crippen MR) is 98.7 cm³/mol. The SMILES string of the molecule is COc1ccc2ccccc2c1C=NNC(=O)c1ccccc1[N+](=O)[O-]. The second kappa shape index (κ2) is 7.43. The smallest absolute Gasteiger partial charge is 0.282 e. The van der Waals surface area contributed by atoms with Crippen molar-refractivity contribution in [3.8, 4) is 5.75 Å². The van der Waals surface area contributed by atoms with Crippen molar-refractivity contribution < 1.29 is 14.5 Å². The van der Waals surface area contributed by atoms with Gasteiger partial charge in [0, 0.05) is 11.6 Å². The summed E-state index contributed by atoms with van der Waals surface area (Å²) in [6, 6.07) is 17.1. The Balaban J connectivity index is 1.89. The standard InChI is InChI=1S/C19H15N3O4/c1-26-18-11-10-13-6-2-3-7-14(13)16(18)12-20-21-19(23)15-8-4-5-9-17(15)22(24)25/h2-12H,1H3,(H,21,23). The van der Waals surface area contributed by atoms with Crippen molar-refractivity contribution in [3.05, 3.63) is 81.9 Å². The number of benzene rings is 3. The highest BCUT2D eigenvalue weighted by molar-refractivity contribution is 6.03. The first-order valence-corrected chi connectivity index (χ1v) is 7.74. The van der Waals surface area contributed by atoms with Gasteiger partial charge in [0.05, 0.1) is 18.2 Å². The molecule has 7 nitrogen and oxygen atoms in total. The number of ether oxygens (including phenoxy) is 1. The Kier molecular flexibility index (Phi) is 4.89. The van der Waals surface area contributed by atoms with Crippen LogP contribution in [0.5, 0.6) is 5.75 Å². The van der Waals surface area contributed by atoms with Gasteiger partial charge in [-0.25, -0.2) is 5.43 Å². The van der Waals surface area contributed by atoms with Gasteiger partial charge >= 0.3 is 0 Å². The van der Waals surface area contributed by atoms with Gasteiger partial charge in [0.1, 0.15) is 11.3 Å². The van der Waals surface area contributed by atoms with Crippen molar-refractivity contribution in [1.29, 1.82) is 0 Å². The lowest BCUT2D eigenvalue weighted by Crippen LogP contribution is -2.19. The fourth-order valence-corrected chi connectivity index (χ4v) is 2.63. The monoisotopic (exact) mass is 349 g/mol. The maximum Gasteiger partial charge on any atom is 0.282 e. The number of rotatable bonds is 5. The molecule has 0 heterocycles. The molecular weight excluding hydrogens is 334 g/mol. The summed E-state index contributed by atoms with van der Waals surface area (Å²) in [5.74, 6) is -0.0554. The second-order valence-electron chi connectivity index (χ2n) is 5.38. The average molecular weight is 349 g/mol. The molecule has 0 aliphatic heterocycles. The minimum atomic E-state index is -0.659. The first-order chi connectivity index (χ1) is 12.6. The summed E-state index contributed by atoms with van der Waals surface area (Å²) < 4.78 is 5.35. The number of hydrogen-bond donors (Lipinski definition) is 1. The maximum absolute atomic E-state index is 12.2. The molecule has 130 valence electrons. The van der Waals surface area contributed by atoms with Crippen molar-refractivity contribution >= 4 is 28.6 Å². The van der Waals surface area contributed by atoms with Crippen LogP contribution in [0.25, 0.3) is 10.8 Å². The van der Waals surface area contributed by atoms with Crippen LogP contribution in [-0.2, 0) is 0 Å². The van der Waals surface area contributed by atoms with E-state index in [-0.39, 0.29) is 11.3 Å². The molecule has 7 heteroatoms. The summed E-state index contributed by atoms with van der Waals surface area (Å²) in [5, 5.41) is 16.9. The zero-order chi connectivity index (χ0) is 18.5. The maximum atomic E-state index is 12.2. The summed E-state index contributed by atoms with van der Waals surface area (Å²) in [5.41, 5.74) is 2.70. The minimum Gasteiger partial charge on any atom is -0.496 e. The Labute approximate surface area is 149 Å². The zero-order valence-electron chi connectivity index (χ0n) is 13.9. The highest BCUT2D eigenvalue weighted by Crippen LogP contribution is 2.26. The van der Waals surface area contributed by atoms with E-state index in [1.165, 1.54) is 24.4 Å². The number of nitrogens with one attached hydrogen (secondary N) is 1. The van der Waals surface area contributed by atoms with E-state index in [4.69, 9.17) is 4.74 Å². The Hall–Kier alpha value is -3.74. The van der Waals surface area contributed by atoms with E-state index in [1.54, 1.807) is 13.2 Å². The van der Waals surface area contributed by atoms with Gasteiger partial charge in [-0.3, -0.25) is 14.9 Å². The molecule has 1 amide bonds. The summed E-state index contributed by atoms with van der Waals surface area (Å²) in [4.78, 5) is 22.6. The molecule has 1 N–H and O–H groups in total. The van der Waals surface area contributed by atoms with E-state index >= 15 is 0 Å². The fraction of sp³-hybridized carbons (Fsp3) is 0.0526. The van der Waals surface area contributed by atoms with Gasteiger partial charge in [-0.2, -0.15) is 5.10 Å². The second-order valence-corrected chi connectivity index (χ2v) is 5.38. The number of hydrazone groups is 1. The van der Waals surface area contributed by atoms with Crippen molar-refractivity contribution in [2.24, 2.45) is 5.10 Å². The van der Waals surface area contributed by atoms with Gasteiger partial charge in [0.25, 0.3) is 11.6 Å². The van der Waals surface area contributed by atoms with Crippen molar-refractivity contribution in [2.45, 2.75) is 0 Å².